The van der Waals surface area contributed by atoms with E-state index in [9.17, 15) is 0 Å². The van der Waals surface area contributed by atoms with Crippen LogP contribution in [0.2, 0.25) is 0 Å². The van der Waals surface area contributed by atoms with E-state index in [1.165, 1.54) is 0 Å². The standard InChI is InChI=1S/C12H20N2/c1-3-10(2)12(13)8-7-11-6-4-5-9-14-11/h4-6,9-10,12H,3,7-8,13H2,1-2H3. The van der Waals surface area contributed by atoms with Gasteiger partial charge in [-0.1, -0.05) is 26.3 Å². The second kappa shape index (κ2) is 5.76. The molecule has 2 nitrogen and oxygen atoms in total. The van der Waals surface area contributed by atoms with Crippen LogP contribution in [0.4, 0.5) is 0 Å². The fraction of sp³-hybridized carbons (Fsp3) is 0.583. The molecule has 1 aromatic rings. The van der Waals surface area contributed by atoms with Crippen molar-refractivity contribution in [3.05, 3.63) is 30.1 Å². The van der Waals surface area contributed by atoms with Crippen molar-refractivity contribution >= 4 is 0 Å². The lowest BCUT2D eigenvalue weighted by molar-refractivity contribution is 0.419. The average molecular weight is 192 g/mol. The Balaban J connectivity index is 2.34. The van der Waals surface area contributed by atoms with Crippen LogP contribution in [0.25, 0.3) is 0 Å². The molecule has 2 N–H and O–H groups in total. The van der Waals surface area contributed by atoms with Crippen molar-refractivity contribution in [3.63, 3.8) is 0 Å². The van der Waals surface area contributed by atoms with Crippen LogP contribution in [-0.4, -0.2) is 11.0 Å². The fourth-order valence-electron chi connectivity index (χ4n) is 1.45. The monoisotopic (exact) mass is 192 g/mol. The summed E-state index contributed by atoms with van der Waals surface area (Å²) >= 11 is 0. The summed E-state index contributed by atoms with van der Waals surface area (Å²) < 4.78 is 0. The summed E-state index contributed by atoms with van der Waals surface area (Å²) in [5.74, 6) is 0.610. The van der Waals surface area contributed by atoms with Crippen LogP contribution in [0.5, 0.6) is 0 Å². The highest BCUT2D eigenvalue weighted by Gasteiger charge is 2.10. The Bertz CT molecular complexity index is 246. The summed E-state index contributed by atoms with van der Waals surface area (Å²) in [4.78, 5) is 4.28. The smallest absolute Gasteiger partial charge is 0.0404 e. The largest absolute Gasteiger partial charge is 0.327 e. The van der Waals surface area contributed by atoms with Gasteiger partial charge in [0, 0.05) is 17.9 Å². The molecule has 0 saturated heterocycles. The van der Waals surface area contributed by atoms with Gasteiger partial charge in [0.15, 0.2) is 0 Å². The van der Waals surface area contributed by atoms with Crippen molar-refractivity contribution < 1.29 is 0 Å². The molecule has 1 aromatic heterocycles. The average Bonchev–Trinajstić information content (AvgIpc) is 2.26. The molecule has 0 aliphatic carbocycles. The molecule has 0 bridgehead atoms. The van der Waals surface area contributed by atoms with Gasteiger partial charge in [0.1, 0.15) is 0 Å². The number of nitrogens with zero attached hydrogens (tertiary/aromatic N) is 1. The molecule has 1 heterocycles. The first-order valence-electron chi connectivity index (χ1n) is 5.39. The molecule has 0 saturated carbocycles. The fourth-order valence-corrected chi connectivity index (χ4v) is 1.45. The first-order chi connectivity index (χ1) is 6.74. The van der Waals surface area contributed by atoms with E-state index in [-0.39, 0.29) is 0 Å². The molecule has 2 unspecified atom stereocenters. The summed E-state index contributed by atoms with van der Waals surface area (Å²) in [5, 5.41) is 0. The van der Waals surface area contributed by atoms with Crippen molar-refractivity contribution in [2.24, 2.45) is 11.7 Å². The van der Waals surface area contributed by atoms with Gasteiger partial charge in [-0.05, 0) is 30.9 Å². The normalized spacial score (nSPS) is 15.1. The number of hydrogen-bond donors (Lipinski definition) is 1. The SMILES string of the molecule is CCC(C)C(N)CCc1ccccn1. The number of nitrogens with two attached hydrogens (primary N) is 1. The number of hydrogen-bond acceptors (Lipinski definition) is 2. The number of aromatic nitrogens is 1. The molecule has 0 aromatic carbocycles. The molecule has 14 heavy (non-hydrogen) atoms. The lowest BCUT2D eigenvalue weighted by Gasteiger charge is -2.17. The number of aryl methyl sites for hydroxylation is 1. The van der Waals surface area contributed by atoms with E-state index in [2.05, 4.69) is 24.9 Å². The first kappa shape index (κ1) is 11.2. The van der Waals surface area contributed by atoms with E-state index in [0.717, 1.165) is 25.0 Å². The summed E-state index contributed by atoms with van der Waals surface area (Å²) in [6.45, 7) is 4.40. The molecule has 0 spiro atoms. The summed E-state index contributed by atoms with van der Waals surface area (Å²) in [6.07, 6.45) is 5.02. The van der Waals surface area contributed by atoms with Gasteiger partial charge in [0.05, 0.1) is 0 Å². The predicted molar refractivity (Wildman–Crippen MR) is 60.0 cm³/mol. The van der Waals surface area contributed by atoms with E-state index in [1.807, 2.05) is 18.3 Å². The maximum absolute atomic E-state index is 6.05. The minimum absolute atomic E-state index is 0.307. The van der Waals surface area contributed by atoms with Crippen molar-refractivity contribution in [2.45, 2.75) is 39.2 Å². The minimum Gasteiger partial charge on any atom is -0.327 e. The van der Waals surface area contributed by atoms with E-state index < -0.39 is 0 Å². The zero-order valence-electron chi connectivity index (χ0n) is 9.11. The highest BCUT2D eigenvalue weighted by Crippen LogP contribution is 2.10. The van der Waals surface area contributed by atoms with Gasteiger partial charge in [-0.25, -0.2) is 0 Å². The second-order valence-electron chi connectivity index (χ2n) is 3.91. The predicted octanol–water partition coefficient (Wildman–Crippen LogP) is 2.39. The van der Waals surface area contributed by atoms with Crippen LogP contribution < -0.4 is 5.73 Å². The maximum atomic E-state index is 6.05. The Morgan fingerprint density at radius 2 is 2.21 bits per heavy atom. The van der Waals surface area contributed by atoms with Crippen LogP contribution in [0.3, 0.4) is 0 Å². The van der Waals surface area contributed by atoms with E-state index >= 15 is 0 Å². The molecule has 0 fully saturated rings. The molecular formula is C12H20N2. The molecular weight excluding hydrogens is 172 g/mol. The summed E-state index contributed by atoms with van der Waals surface area (Å²) in [6, 6.07) is 6.33. The van der Waals surface area contributed by atoms with Crippen molar-refractivity contribution in [1.82, 2.24) is 4.98 Å². The molecule has 2 heteroatoms. The maximum Gasteiger partial charge on any atom is 0.0404 e. The number of pyridine rings is 1. The van der Waals surface area contributed by atoms with Gasteiger partial charge < -0.3 is 5.73 Å². The highest BCUT2D eigenvalue weighted by atomic mass is 14.7. The first-order valence-corrected chi connectivity index (χ1v) is 5.39. The lowest BCUT2D eigenvalue weighted by Crippen LogP contribution is -2.28. The van der Waals surface area contributed by atoms with Crippen molar-refractivity contribution in [2.75, 3.05) is 0 Å². The van der Waals surface area contributed by atoms with Crippen LogP contribution in [0.1, 0.15) is 32.4 Å². The molecule has 0 radical (unpaired) electrons. The van der Waals surface area contributed by atoms with Crippen LogP contribution in [-0.2, 0) is 6.42 Å². The summed E-state index contributed by atoms with van der Waals surface area (Å²) in [5.41, 5.74) is 7.19. The van der Waals surface area contributed by atoms with Gasteiger partial charge in [-0.3, -0.25) is 4.98 Å². The topological polar surface area (TPSA) is 38.9 Å². The quantitative estimate of drug-likeness (QED) is 0.778. The molecule has 0 amide bonds. The molecule has 78 valence electrons. The van der Waals surface area contributed by atoms with Gasteiger partial charge in [-0.2, -0.15) is 0 Å². The van der Waals surface area contributed by atoms with Gasteiger partial charge in [-0.15, -0.1) is 0 Å². The number of rotatable bonds is 5. The second-order valence-corrected chi connectivity index (χ2v) is 3.91. The van der Waals surface area contributed by atoms with Gasteiger partial charge in [0.2, 0.25) is 0 Å². The lowest BCUT2D eigenvalue weighted by atomic mass is 9.95. The Morgan fingerprint density at radius 3 is 2.79 bits per heavy atom. The third kappa shape index (κ3) is 3.46. The van der Waals surface area contributed by atoms with Crippen LogP contribution >= 0.6 is 0 Å². The van der Waals surface area contributed by atoms with E-state index in [1.54, 1.807) is 0 Å². The highest BCUT2D eigenvalue weighted by molar-refractivity contribution is 5.03. The zero-order chi connectivity index (χ0) is 10.4. The Hall–Kier alpha value is -0.890. The minimum atomic E-state index is 0.307. The van der Waals surface area contributed by atoms with Crippen molar-refractivity contribution in [1.29, 1.82) is 0 Å². The van der Waals surface area contributed by atoms with E-state index in [0.29, 0.717) is 12.0 Å². The third-order valence-corrected chi connectivity index (χ3v) is 2.83. The zero-order valence-corrected chi connectivity index (χ0v) is 9.11. The molecule has 1 rings (SSSR count). The van der Waals surface area contributed by atoms with Crippen LogP contribution in [0.15, 0.2) is 24.4 Å². The molecule has 2 atom stereocenters. The Kier molecular flexibility index (Phi) is 4.60. The Labute approximate surface area is 86.5 Å². The van der Waals surface area contributed by atoms with Gasteiger partial charge in [0.25, 0.3) is 0 Å². The molecule has 0 aliphatic rings. The Morgan fingerprint density at radius 1 is 1.43 bits per heavy atom. The third-order valence-electron chi connectivity index (χ3n) is 2.83. The molecule has 0 aliphatic heterocycles. The summed E-state index contributed by atoms with van der Waals surface area (Å²) in [7, 11) is 0. The van der Waals surface area contributed by atoms with Gasteiger partial charge >= 0.3 is 0 Å². The van der Waals surface area contributed by atoms with E-state index in [4.69, 9.17) is 5.73 Å². The van der Waals surface area contributed by atoms with Crippen molar-refractivity contribution in [3.8, 4) is 0 Å². The van der Waals surface area contributed by atoms with Crippen LogP contribution in [0, 0.1) is 5.92 Å².